The lowest BCUT2D eigenvalue weighted by Crippen LogP contribution is -2.53. The van der Waals surface area contributed by atoms with E-state index in [0.29, 0.717) is 40.3 Å². The largest absolute Gasteiger partial charge is 0.494 e. The van der Waals surface area contributed by atoms with Crippen molar-refractivity contribution < 1.29 is 14.3 Å². The van der Waals surface area contributed by atoms with Gasteiger partial charge in [0.05, 0.1) is 16.7 Å². The van der Waals surface area contributed by atoms with Gasteiger partial charge in [0, 0.05) is 23.5 Å². The average molecular weight is 514 g/mol. The molecule has 2 rings (SSSR count). The van der Waals surface area contributed by atoms with Crippen LogP contribution in [0.25, 0.3) is 0 Å². The zero-order valence-electron chi connectivity index (χ0n) is 19.5. The third-order valence-corrected chi connectivity index (χ3v) is 5.83. The van der Waals surface area contributed by atoms with Gasteiger partial charge in [0.1, 0.15) is 11.8 Å². The summed E-state index contributed by atoms with van der Waals surface area (Å²) in [5.74, 6) is 0.378. The minimum absolute atomic E-state index is 0.128. The molecule has 1 unspecified atom stereocenters. The van der Waals surface area contributed by atoms with E-state index in [9.17, 15) is 9.59 Å². The SMILES string of the molecule is CCC(C(=O)NC(C)(C)C)N(Cc1ccc(Cl)c(Cl)c1)C(=O)CCCOc1ccc(Cl)cc1. The van der Waals surface area contributed by atoms with E-state index in [-0.39, 0.29) is 24.8 Å². The smallest absolute Gasteiger partial charge is 0.243 e. The van der Waals surface area contributed by atoms with Crippen molar-refractivity contribution in [2.75, 3.05) is 6.61 Å². The standard InChI is InChI=1S/C25H31Cl3N2O3/c1-5-22(24(32)29-25(2,3)4)30(16-17-8-13-20(27)21(28)15-17)23(31)7-6-14-33-19-11-9-18(26)10-12-19/h8-13,15,22H,5-7,14,16H2,1-4H3,(H,29,32). The topological polar surface area (TPSA) is 58.6 Å². The zero-order chi connectivity index (χ0) is 24.6. The Bertz CT molecular complexity index is 943. The molecule has 1 N–H and O–H groups in total. The molecule has 0 spiro atoms. The molecule has 5 nitrogen and oxygen atoms in total. The molecule has 1 atom stereocenters. The summed E-state index contributed by atoms with van der Waals surface area (Å²) in [6.45, 7) is 8.26. The summed E-state index contributed by atoms with van der Waals surface area (Å²) in [6, 6.07) is 11.7. The van der Waals surface area contributed by atoms with Gasteiger partial charge in [-0.05, 0) is 75.6 Å². The van der Waals surface area contributed by atoms with Crippen LogP contribution in [-0.2, 0) is 16.1 Å². The van der Waals surface area contributed by atoms with Gasteiger partial charge in [-0.2, -0.15) is 0 Å². The minimum atomic E-state index is -0.608. The number of amides is 2. The predicted octanol–water partition coefficient (Wildman–Crippen LogP) is 6.53. The van der Waals surface area contributed by atoms with Crippen LogP contribution in [0.1, 0.15) is 52.5 Å². The van der Waals surface area contributed by atoms with Crippen molar-refractivity contribution in [3.8, 4) is 5.75 Å². The average Bonchev–Trinajstić information content (AvgIpc) is 2.73. The van der Waals surface area contributed by atoms with E-state index < -0.39 is 11.6 Å². The first kappa shape index (κ1) is 27.3. The fourth-order valence-corrected chi connectivity index (χ4v) is 3.74. The molecule has 0 fully saturated rings. The van der Waals surface area contributed by atoms with Gasteiger partial charge < -0.3 is 15.0 Å². The summed E-state index contributed by atoms with van der Waals surface area (Å²) < 4.78 is 5.70. The van der Waals surface area contributed by atoms with Crippen LogP contribution in [-0.4, -0.2) is 34.9 Å². The molecule has 0 bridgehead atoms. The Balaban J connectivity index is 2.11. The molecule has 0 aromatic heterocycles. The Hall–Kier alpha value is -1.95. The molecule has 0 aliphatic rings. The first-order chi connectivity index (χ1) is 15.5. The quantitative estimate of drug-likeness (QED) is 0.368. The van der Waals surface area contributed by atoms with Gasteiger partial charge in [-0.25, -0.2) is 0 Å². The molecule has 2 aromatic carbocycles. The normalized spacial score (nSPS) is 12.2. The fourth-order valence-electron chi connectivity index (χ4n) is 3.29. The predicted molar refractivity (Wildman–Crippen MR) is 135 cm³/mol. The van der Waals surface area contributed by atoms with E-state index in [1.54, 1.807) is 41.3 Å². The highest BCUT2D eigenvalue weighted by Crippen LogP contribution is 2.24. The molecule has 180 valence electrons. The first-order valence-corrected chi connectivity index (χ1v) is 12.1. The van der Waals surface area contributed by atoms with E-state index in [2.05, 4.69) is 5.32 Å². The van der Waals surface area contributed by atoms with Crippen molar-refractivity contribution in [1.29, 1.82) is 0 Å². The Morgan fingerprint density at radius 3 is 2.27 bits per heavy atom. The number of hydrogen-bond donors (Lipinski definition) is 1. The highest BCUT2D eigenvalue weighted by molar-refractivity contribution is 6.42. The Morgan fingerprint density at radius 1 is 1.03 bits per heavy atom. The lowest BCUT2D eigenvalue weighted by Gasteiger charge is -2.33. The van der Waals surface area contributed by atoms with Crippen LogP contribution in [0.3, 0.4) is 0 Å². The molecule has 2 aromatic rings. The van der Waals surface area contributed by atoms with Crippen LogP contribution in [0.5, 0.6) is 5.75 Å². The molecule has 0 saturated heterocycles. The summed E-state index contributed by atoms with van der Waals surface area (Å²) >= 11 is 18.1. The lowest BCUT2D eigenvalue weighted by molar-refractivity contribution is -0.142. The van der Waals surface area contributed by atoms with Crippen LogP contribution in [0.4, 0.5) is 0 Å². The van der Waals surface area contributed by atoms with E-state index in [4.69, 9.17) is 39.5 Å². The monoisotopic (exact) mass is 512 g/mol. The third kappa shape index (κ3) is 9.07. The number of hydrogen-bond acceptors (Lipinski definition) is 3. The van der Waals surface area contributed by atoms with Crippen molar-refractivity contribution in [2.45, 2.75) is 65.1 Å². The van der Waals surface area contributed by atoms with Gasteiger partial charge in [-0.1, -0.05) is 47.8 Å². The maximum absolute atomic E-state index is 13.2. The summed E-state index contributed by atoms with van der Waals surface area (Å²) in [5, 5.41) is 4.47. The maximum atomic E-state index is 13.2. The second-order valence-corrected chi connectivity index (χ2v) is 10.1. The summed E-state index contributed by atoms with van der Waals surface area (Å²) in [6.07, 6.45) is 1.24. The van der Waals surface area contributed by atoms with E-state index in [0.717, 1.165) is 5.56 Å². The number of carbonyl (C=O) groups is 2. The highest BCUT2D eigenvalue weighted by atomic mass is 35.5. The van der Waals surface area contributed by atoms with E-state index in [1.807, 2.05) is 33.8 Å². The zero-order valence-corrected chi connectivity index (χ0v) is 21.7. The number of nitrogens with zero attached hydrogens (tertiary/aromatic N) is 1. The van der Waals surface area contributed by atoms with Gasteiger partial charge in [0.15, 0.2) is 0 Å². The van der Waals surface area contributed by atoms with Crippen molar-refractivity contribution >= 4 is 46.6 Å². The van der Waals surface area contributed by atoms with Crippen LogP contribution < -0.4 is 10.1 Å². The molecule has 2 amide bonds. The van der Waals surface area contributed by atoms with Crippen LogP contribution >= 0.6 is 34.8 Å². The number of rotatable bonds is 10. The van der Waals surface area contributed by atoms with E-state index >= 15 is 0 Å². The number of benzene rings is 2. The molecule has 0 aliphatic heterocycles. The van der Waals surface area contributed by atoms with E-state index in [1.165, 1.54) is 0 Å². The van der Waals surface area contributed by atoms with Gasteiger partial charge in [-0.15, -0.1) is 0 Å². The van der Waals surface area contributed by atoms with Crippen molar-refractivity contribution in [2.24, 2.45) is 0 Å². The molecule has 0 radical (unpaired) electrons. The summed E-state index contributed by atoms with van der Waals surface area (Å²) in [4.78, 5) is 27.9. The van der Waals surface area contributed by atoms with Crippen LogP contribution in [0, 0.1) is 0 Å². The number of nitrogens with one attached hydrogen (secondary N) is 1. The Morgan fingerprint density at radius 2 is 1.70 bits per heavy atom. The van der Waals surface area contributed by atoms with Gasteiger partial charge in [-0.3, -0.25) is 9.59 Å². The van der Waals surface area contributed by atoms with Gasteiger partial charge >= 0.3 is 0 Å². The summed E-state index contributed by atoms with van der Waals surface area (Å²) in [5.41, 5.74) is 0.395. The molecular weight excluding hydrogens is 483 g/mol. The third-order valence-electron chi connectivity index (χ3n) is 4.84. The van der Waals surface area contributed by atoms with Crippen molar-refractivity contribution in [1.82, 2.24) is 10.2 Å². The summed E-state index contributed by atoms with van der Waals surface area (Å²) in [7, 11) is 0. The first-order valence-electron chi connectivity index (χ1n) is 10.9. The molecule has 0 heterocycles. The highest BCUT2D eigenvalue weighted by Gasteiger charge is 2.30. The Kier molecular flexibility index (Phi) is 10.3. The molecular formula is C25H31Cl3N2O3. The maximum Gasteiger partial charge on any atom is 0.243 e. The van der Waals surface area contributed by atoms with Crippen LogP contribution in [0.2, 0.25) is 15.1 Å². The van der Waals surface area contributed by atoms with Crippen molar-refractivity contribution in [3.63, 3.8) is 0 Å². The van der Waals surface area contributed by atoms with Gasteiger partial charge in [0.2, 0.25) is 11.8 Å². The van der Waals surface area contributed by atoms with Crippen LogP contribution in [0.15, 0.2) is 42.5 Å². The Labute approximate surface area is 211 Å². The lowest BCUT2D eigenvalue weighted by atomic mass is 10.0. The molecule has 0 saturated carbocycles. The fraction of sp³-hybridized carbons (Fsp3) is 0.440. The van der Waals surface area contributed by atoms with Crippen molar-refractivity contribution in [3.05, 3.63) is 63.1 Å². The second kappa shape index (κ2) is 12.5. The number of ether oxygens (including phenoxy) is 1. The molecule has 33 heavy (non-hydrogen) atoms. The number of carbonyl (C=O) groups excluding carboxylic acids is 2. The molecule has 0 aliphatic carbocycles. The second-order valence-electron chi connectivity index (χ2n) is 8.84. The van der Waals surface area contributed by atoms with Gasteiger partial charge in [0.25, 0.3) is 0 Å². The molecule has 8 heteroatoms. The minimum Gasteiger partial charge on any atom is -0.494 e. The number of halogens is 3.